The Morgan fingerprint density at radius 3 is 2.24 bits per heavy atom. The van der Waals surface area contributed by atoms with Crippen LogP contribution in [0.1, 0.15) is 30.0 Å². The van der Waals surface area contributed by atoms with Gasteiger partial charge in [-0.2, -0.15) is 0 Å². The van der Waals surface area contributed by atoms with E-state index in [-0.39, 0.29) is 17.7 Å². The molecule has 0 saturated carbocycles. The van der Waals surface area contributed by atoms with Crippen molar-refractivity contribution in [3.63, 3.8) is 0 Å². The van der Waals surface area contributed by atoms with Gasteiger partial charge in [-0.1, -0.05) is 30.3 Å². The Bertz CT molecular complexity index is 883. The molecule has 126 valence electrons. The Hall–Kier alpha value is -2.53. The molecular formula is C20H16F2N2S. The van der Waals surface area contributed by atoms with E-state index < -0.39 is 0 Å². The van der Waals surface area contributed by atoms with Crippen molar-refractivity contribution >= 4 is 23.4 Å². The molecule has 0 bridgehead atoms. The lowest BCUT2D eigenvalue weighted by molar-refractivity contribution is 0.624. The fourth-order valence-corrected chi connectivity index (χ4v) is 3.65. The van der Waals surface area contributed by atoms with Gasteiger partial charge in [0.05, 0.1) is 6.04 Å². The molecule has 0 amide bonds. The minimum atomic E-state index is -0.261. The highest BCUT2D eigenvalue weighted by atomic mass is 32.1. The van der Waals surface area contributed by atoms with E-state index in [0.29, 0.717) is 5.11 Å². The summed E-state index contributed by atoms with van der Waals surface area (Å²) in [4.78, 5) is 0. The average Bonchev–Trinajstić information content (AvgIpc) is 2.99. The average molecular weight is 354 g/mol. The van der Waals surface area contributed by atoms with E-state index in [0.717, 1.165) is 35.2 Å². The molecule has 4 rings (SSSR count). The van der Waals surface area contributed by atoms with Gasteiger partial charge in [-0.05, 0) is 66.0 Å². The van der Waals surface area contributed by atoms with Crippen LogP contribution in [-0.4, -0.2) is 5.11 Å². The zero-order chi connectivity index (χ0) is 17.4. The molecule has 0 radical (unpaired) electrons. The van der Waals surface area contributed by atoms with E-state index in [9.17, 15) is 8.78 Å². The maximum Gasteiger partial charge on any atom is 0.171 e. The van der Waals surface area contributed by atoms with Crippen LogP contribution >= 0.6 is 12.2 Å². The Balaban J connectivity index is 1.75. The molecule has 25 heavy (non-hydrogen) atoms. The van der Waals surface area contributed by atoms with Crippen LogP contribution < -0.4 is 10.6 Å². The zero-order valence-corrected chi connectivity index (χ0v) is 14.2. The summed E-state index contributed by atoms with van der Waals surface area (Å²) in [5.74, 6) is -0.507. The van der Waals surface area contributed by atoms with Gasteiger partial charge >= 0.3 is 0 Å². The van der Waals surface area contributed by atoms with Crippen molar-refractivity contribution in [2.75, 3.05) is 0 Å². The summed E-state index contributed by atoms with van der Waals surface area (Å²) in [5, 5.41) is 7.11. The third-order valence-corrected chi connectivity index (χ3v) is 4.78. The van der Waals surface area contributed by atoms with Crippen LogP contribution in [0.15, 0.2) is 65.4 Å². The van der Waals surface area contributed by atoms with Crippen LogP contribution in [0.5, 0.6) is 0 Å². The first-order chi connectivity index (χ1) is 12.1. The van der Waals surface area contributed by atoms with Gasteiger partial charge in [-0.3, -0.25) is 0 Å². The molecule has 2 aromatic rings. The first-order valence-corrected chi connectivity index (χ1v) is 8.53. The largest absolute Gasteiger partial charge is 0.351 e. The van der Waals surface area contributed by atoms with E-state index in [2.05, 4.69) is 16.7 Å². The first kappa shape index (κ1) is 16.0. The summed E-state index contributed by atoms with van der Waals surface area (Å²) in [7, 11) is 0. The molecule has 5 heteroatoms. The lowest BCUT2D eigenvalue weighted by atomic mass is 9.92. The van der Waals surface area contributed by atoms with Crippen LogP contribution in [0.3, 0.4) is 0 Å². The van der Waals surface area contributed by atoms with Crippen molar-refractivity contribution in [3.05, 3.63) is 88.1 Å². The monoisotopic (exact) mass is 354 g/mol. The standard InChI is InChI=1S/C20H16F2N2S/c21-15-6-1-12(2-7-15)11-14-5-10-17-18(14)19(24-20(25)23-17)13-3-8-16(22)9-4-13/h1-4,6-9,11,19H,5,10H2,(H2,23,24,25)/b14-11-/t19-/m1/s1. The van der Waals surface area contributed by atoms with E-state index in [4.69, 9.17) is 12.2 Å². The van der Waals surface area contributed by atoms with Gasteiger partial charge in [-0.15, -0.1) is 0 Å². The minimum absolute atomic E-state index is 0.112. The smallest absolute Gasteiger partial charge is 0.171 e. The molecule has 0 saturated heterocycles. The number of hydrogen-bond donors (Lipinski definition) is 2. The van der Waals surface area contributed by atoms with Crippen molar-refractivity contribution in [2.24, 2.45) is 0 Å². The van der Waals surface area contributed by atoms with E-state index in [1.807, 2.05) is 0 Å². The fourth-order valence-electron chi connectivity index (χ4n) is 3.40. The van der Waals surface area contributed by atoms with Crippen LogP contribution in [-0.2, 0) is 0 Å². The van der Waals surface area contributed by atoms with Gasteiger partial charge in [0.1, 0.15) is 11.6 Å². The highest BCUT2D eigenvalue weighted by Crippen LogP contribution is 2.41. The van der Waals surface area contributed by atoms with Gasteiger partial charge in [0, 0.05) is 11.3 Å². The number of rotatable bonds is 2. The van der Waals surface area contributed by atoms with Crippen molar-refractivity contribution < 1.29 is 8.78 Å². The summed E-state index contributed by atoms with van der Waals surface area (Å²) >= 11 is 5.32. The second-order valence-corrected chi connectivity index (χ2v) is 6.60. The Morgan fingerprint density at radius 1 is 0.920 bits per heavy atom. The van der Waals surface area contributed by atoms with Gasteiger partial charge in [0.2, 0.25) is 0 Å². The molecule has 1 heterocycles. The van der Waals surface area contributed by atoms with Crippen LogP contribution in [0.25, 0.3) is 6.08 Å². The van der Waals surface area contributed by atoms with E-state index in [1.165, 1.54) is 29.8 Å². The summed E-state index contributed by atoms with van der Waals surface area (Å²) < 4.78 is 26.4. The summed E-state index contributed by atoms with van der Waals surface area (Å²) in [6.45, 7) is 0. The number of benzene rings is 2. The second kappa shape index (κ2) is 6.41. The predicted molar refractivity (Wildman–Crippen MR) is 98.6 cm³/mol. The highest BCUT2D eigenvalue weighted by molar-refractivity contribution is 7.80. The normalized spacial score (nSPS) is 21.1. The van der Waals surface area contributed by atoms with Gasteiger partial charge in [0.25, 0.3) is 0 Å². The fraction of sp³-hybridized carbons (Fsp3) is 0.150. The number of halogens is 2. The molecule has 1 aliphatic carbocycles. The van der Waals surface area contributed by atoms with E-state index in [1.54, 1.807) is 24.3 Å². The topological polar surface area (TPSA) is 24.1 Å². The van der Waals surface area contributed by atoms with Crippen LogP contribution in [0.2, 0.25) is 0 Å². The van der Waals surface area contributed by atoms with Crippen molar-refractivity contribution in [3.8, 4) is 0 Å². The quantitative estimate of drug-likeness (QED) is 0.770. The van der Waals surface area contributed by atoms with Gasteiger partial charge in [0.15, 0.2) is 5.11 Å². The van der Waals surface area contributed by atoms with Crippen molar-refractivity contribution in [1.29, 1.82) is 0 Å². The lowest BCUT2D eigenvalue weighted by Gasteiger charge is -2.30. The summed E-state index contributed by atoms with van der Waals surface area (Å²) in [5.41, 5.74) is 5.34. The number of allylic oxidation sites excluding steroid dienone is 1. The molecule has 1 atom stereocenters. The third-order valence-electron chi connectivity index (χ3n) is 4.56. The molecule has 0 spiro atoms. The lowest BCUT2D eigenvalue weighted by Crippen LogP contribution is -2.42. The maximum absolute atomic E-state index is 13.3. The van der Waals surface area contributed by atoms with Crippen LogP contribution in [0.4, 0.5) is 8.78 Å². The molecule has 0 aromatic heterocycles. The highest BCUT2D eigenvalue weighted by Gasteiger charge is 2.32. The number of hydrogen-bond acceptors (Lipinski definition) is 1. The zero-order valence-electron chi connectivity index (χ0n) is 13.4. The Labute approximate surface area is 150 Å². The molecule has 0 unspecified atom stereocenters. The molecule has 2 aliphatic rings. The first-order valence-electron chi connectivity index (χ1n) is 8.13. The minimum Gasteiger partial charge on any atom is -0.351 e. The van der Waals surface area contributed by atoms with Crippen LogP contribution in [0, 0.1) is 11.6 Å². The van der Waals surface area contributed by atoms with Crippen molar-refractivity contribution in [2.45, 2.75) is 18.9 Å². The Kier molecular flexibility index (Phi) is 4.09. The summed E-state index contributed by atoms with van der Waals surface area (Å²) in [6, 6.07) is 12.8. The molecule has 2 nitrogen and oxygen atoms in total. The van der Waals surface area contributed by atoms with Gasteiger partial charge < -0.3 is 10.6 Å². The Morgan fingerprint density at radius 2 is 1.56 bits per heavy atom. The predicted octanol–water partition coefficient (Wildman–Crippen LogP) is 4.62. The molecular weight excluding hydrogens is 338 g/mol. The number of thiocarbonyl (C=S) groups is 1. The SMILES string of the molecule is Fc1ccc(/C=C2/CCC3=C2[C@@H](c2ccc(F)cc2)NC(=S)N3)cc1. The van der Waals surface area contributed by atoms with E-state index >= 15 is 0 Å². The van der Waals surface area contributed by atoms with Gasteiger partial charge in [-0.25, -0.2) is 8.78 Å². The second-order valence-electron chi connectivity index (χ2n) is 6.20. The molecule has 1 aliphatic heterocycles. The number of nitrogens with one attached hydrogen (secondary N) is 2. The molecule has 2 N–H and O–H groups in total. The summed E-state index contributed by atoms with van der Waals surface area (Å²) in [6.07, 6.45) is 3.84. The molecule has 2 aromatic carbocycles. The molecule has 0 fully saturated rings. The third kappa shape index (κ3) is 3.20. The van der Waals surface area contributed by atoms with Crippen molar-refractivity contribution in [1.82, 2.24) is 10.6 Å². The maximum atomic E-state index is 13.3.